The Balaban J connectivity index is 1.46. The first-order chi connectivity index (χ1) is 11.6. The third kappa shape index (κ3) is 4.02. The number of hydrogen-bond donors (Lipinski definition) is 2. The molecular weight excluding hydrogens is 300 g/mol. The van der Waals surface area contributed by atoms with Crippen molar-refractivity contribution in [1.82, 2.24) is 5.32 Å². The van der Waals surface area contributed by atoms with Gasteiger partial charge in [0.05, 0.1) is 0 Å². The van der Waals surface area contributed by atoms with Gasteiger partial charge in [-0.2, -0.15) is 0 Å². The minimum absolute atomic E-state index is 0.0857. The maximum absolute atomic E-state index is 12.0. The Morgan fingerprint density at radius 2 is 1.88 bits per heavy atom. The molecule has 1 aliphatic carbocycles. The molecule has 124 valence electrons. The van der Waals surface area contributed by atoms with Gasteiger partial charge in [-0.25, -0.2) is 0 Å². The van der Waals surface area contributed by atoms with Gasteiger partial charge in [-0.1, -0.05) is 23.8 Å². The summed E-state index contributed by atoms with van der Waals surface area (Å²) in [4.78, 5) is 24.0. The van der Waals surface area contributed by atoms with Crippen LogP contribution in [0.2, 0.25) is 0 Å². The van der Waals surface area contributed by atoms with Crippen molar-refractivity contribution < 1.29 is 9.59 Å². The molecule has 0 unspecified atom stereocenters. The fraction of sp³-hybridized carbons (Fsp3) is 0.300. The summed E-state index contributed by atoms with van der Waals surface area (Å²) in [6.07, 6.45) is 3.67. The zero-order chi connectivity index (χ0) is 16.9. The average Bonchev–Trinajstić information content (AvgIpc) is 3.02. The molecule has 3 rings (SSSR count). The molecule has 2 amide bonds. The van der Waals surface area contributed by atoms with E-state index in [0.717, 1.165) is 24.1 Å². The fourth-order valence-corrected chi connectivity index (χ4v) is 3.05. The van der Waals surface area contributed by atoms with E-state index >= 15 is 0 Å². The highest BCUT2D eigenvalue weighted by Crippen LogP contribution is 2.24. The number of rotatable bonds is 5. The molecule has 0 bridgehead atoms. The highest BCUT2D eigenvalue weighted by Gasteiger charge is 2.12. The van der Waals surface area contributed by atoms with Crippen LogP contribution < -0.4 is 10.6 Å². The molecule has 2 aromatic rings. The van der Waals surface area contributed by atoms with Gasteiger partial charge in [0.2, 0.25) is 5.91 Å². The lowest BCUT2D eigenvalue weighted by Gasteiger charge is -2.08. The number of benzene rings is 2. The van der Waals surface area contributed by atoms with E-state index in [2.05, 4.69) is 22.8 Å². The summed E-state index contributed by atoms with van der Waals surface area (Å²) in [7, 11) is 0. The molecule has 0 atom stereocenters. The molecule has 0 saturated carbocycles. The van der Waals surface area contributed by atoms with Crippen molar-refractivity contribution in [3.8, 4) is 0 Å². The van der Waals surface area contributed by atoms with Crippen LogP contribution in [-0.4, -0.2) is 18.4 Å². The Kier molecular flexibility index (Phi) is 4.94. The molecule has 0 spiro atoms. The lowest BCUT2D eigenvalue weighted by atomic mass is 10.1. The van der Waals surface area contributed by atoms with Crippen LogP contribution in [0.5, 0.6) is 0 Å². The summed E-state index contributed by atoms with van der Waals surface area (Å²) in [5.74, 6) is -0.235. The third-order valence-corrected chi connectivity index (χ3v) is 4.30. The SMILES string of the molecule is Cc1cccc(C(=O)NCCC(=O)Nc2ccc3c(c2)CCC3)c1. The lowest BCUT2D eigenvalue weighted by Crippen LogP contribution is -2.27. The number of fused-ring (bicyclic) bond motifs is 1. The van der Waals surface area contributed by atoms with Crippen LogP contribution in [0.15, 0.2) is 42.5 Å². The number of carbonyl (C=O) groups excluding carboxylic acids is 2. The van der Waals surface area contributed by atoms with E-state index in [1.807, 2.05) is 31.2 Å². The Morgan fingerprint density at radius 1 is 1.04 bits per heavy atom. The number of aryl methyl sites for hydroxylation is 3. The Morgan fingerprint density at radius 3 is 2.71 bits per heavy atom. The van der Waals surface area contributed by atoms with Crippen molar-refractivity contribution in [3.63, 3.8) is 0 Å². The van der Waals surface area contributed by atoms with Gasteiger partial charge < -0.3 is 10.6 Å². The van der Waals surface area contributed by atoms with E-state index in [0.29, 0.717) is 12.1 Å². The number of anilines is 1. The quantitative estimate of drug-likeness (QED) is 0.888. The number of carbonyl (C=O) groups is 2. The summed E-state index contributed by atoms with van der Waals surface area (Å²) < 4.78 is 0. The van der Waals surface area contributed by atoms with Gasteiger partial charge in [-0.05, 0) is 61.6 Å². The summed E-state index contributed by atoms with van der Waals surface area (Å²) >= 11 is 0. The molecule has 0 aliphatic heterocycles. The first-order valence-electron chi connectivity index (χ1n) is 8.38. The van der Waals surface area contributed by atoms with E-state index in [1.165, 1.54) is 17.5 Å². The minimum Gasteiger partial charge on any atom is -0.352 e. The highest BCUT2D eigenvalue weighted by molar-refractivity contribution is 5.95. The fourth-order valence-electron chi connectivity index (χ4n) is 3.05. The van der Waals surface area contributed by atoms with Gasteiger partial charge in [0.25, 0.3) is 5.91 Å². The topological polar surface area (TPSA) is 58.2 Å². The smallest absolute Gasteiger partial charge is 0.251 e. The normalized spacial score (nSPS) is 12.5. The molecule has 2 aromatic carbocycles. The first kappa shape index (κ1) is 16.2. The van der Waals surface area contributed by atoms with Gasteiger partial charge in [-0.15, -0.1) is 0 Å². The summed E-state index contributed by atoms with van der Waals surface area (Å²) in [6, 6.07) is 13.5. The van der Waals surface area contributed by atoms with Gasteiger partial charge in [0.1, 0.15) is 0 Å². The zero-order valence-electron chi connectivity index (χ0n) is 13.9. The van der Waals surface area contributed by atoms with Crippen molar-refractivity contribution in [3.05, 3.63) is 64.7 Å². The van der Waals surface area contributed by atoms with E-state index < -0.39 is 0 Å². The minimum atomic E-state index is -0.149. The summed E-state index contributed by atoms with van der Waals surface area (Å²) in [6.45, 7) is 2.27. The van der Waals surface area contributed by atoms with Gasteiger partial charge >= 0.3 is 0 Å². The third-order valence-electron chi connectivity index (χ3n) is 4.30. The second-order valence-corrected chi connectivity index (χ2v) is 6.26. The molecule has 0 radical (unpaired) electrons. The monoisotopic (exact) mass is 322 g/mol. The maximum Gasteiger partial charge on any atom is 0.251 e. The zero-order valence-corrected chi connectivity index (χ0v) is 13.9. The number of nitrogens with one attached hydrogen (secondary N) is 2. The standard InChI is InChI=1S/C20H22N2O2/c1-14-4-2-7-17(12-14)20(24)21-11-10-19(23)22-18-9-8-15-5-3-6-16(15)13-18/h2,4,7-9,12-13H,3,5-6,10-11H2,1H3,(H,21,24)(H,22,23). The van der Waals surface area contributed by atoms with Crippen molar-refractivity contribution in [2.24, 2.45) is 0 Å². The van der Waals surface area contributed by atoms with Crippen molar-refractivity contribution in [2.75, 3.05) is 11.9 Å². The average molecular weight is 322 g/mol. The molecule has 4 nitrogen and oxygen atoms in total. The Hall–Kier alpha value is -2.62. The van der Waals surface area contributed by atoms with Crippen LogP contribution in [0.25, 0.3) is 0 Å². The Bertz CT molecular complexity index is 768. The number of amides is 2. The van der Waals surface area contributed by atoms with E-state index in [9.17, 15) is 9.59 Å². The summed E-state index contributed by atoms with van der Waals surface area (Å²) in [5.41, 5.74) is 5.22. The summed E-state index contributed by atoms with van der Waals surface area (Å²) in [5, 5.41) is 5.69. The second-order valence-electron chi connectivity index (χ2n) is 6.26. The molecule has 0 heterocycles. The largest absolute Gasteiger partial charge is 0.352 e. The molecule has 0 aromatic heterocycles. The predicted octanol–water partition coefficient (Wildman–Crippen LogP) is 3.24. The van der Waals surface area contributed by atoms with Gasteiger partial charge in [0.15, 0.2) is 0 Å². The van der Waals surface area contributed by atoms with Crippen molar-refractivity contribution in [1.29, 1.82) is 0 Å². The van der Waals surface area contributed by atoms with Crippen molar-refractivity contribution in [2.45, 2.75) is 32.6 Å². The highest BCUT2D eigenvalue weighted by atomic mass is 16.2. The predicted molar refractivity (Wildman–Crippen MR) is 95.2 cm³/mol. The van der Waals surface area contributed by atoms with Gasteiger partial charge in [-0.3, -0.25) is 9.59 Å². The van der Waals surface area contributed by atoms with Crippen LogP contribution in [0.1, 0.15) is 39.9 Å². The second kappa shape index (κ2) is 7.30. The van der Waals surface area contributed by atoms with E-state index in [4.69, 9.17) is 0 Å². The Labute approximate surface area is 142 Å². The molecule has 4 heteroatoms. The lowest BCUT2D eigenvalue weighted by molar-refractivity contribution is -0.116. The molecule has 0 saturated heterocycles. The van der Waals surface area contributed by atoms with Gasteiger partial charge in [0, 0.05) is 24.2 Å². The number of hydrogen-bond acceptors (Lipinski definition) is 2. The van der Waals surface area contributed by atoms with Crippen LogP contribution >= 0.6 is 0 Å². The molecule has 2 N–H and O–H groups in total. The first-order valence-corrected chi connectivity index (χ1v) is 8.38. The molecule has 24 heavy (non-hydrogen) atoms. The van der Waals surface area contributed by atoms with E-state index in [1.54, 1.807) is 6.07 Å². The van der Waals surface area contributed by atoms with Crippen LogP contribution in [0, 0.1) is 6.92 Å². The molecule has 0 fully saturated rings. The van der Waals surface area contributed by atoms with Crippen molar-refractivity contribution >= 4 is 17.5 Å². The van der Waals surface area contributed by atoms with Crippen LogP contribution in [-0.2, 0) is 17.6 Å². The van der Waals surface area contributed by atoms with E-state index in [-0.39, 0.29) is 18.2 Å². The maximum atomic E-state index is 12.0. The molecule has 1 aliphatic rings. The van der Waals surface area contributed by atoms with Crippen LogP contribution in [0.4, 0.5) is 5.69 Å². The van der Waals surface area contributed by atoms with Crippen LogP contribution in [0.3, 0.4) is 0 Å². The molecular formula is C20H22N2O2.